The molecule has 0 amide bonds. The van der Waals surface area contributed by atoms with E-state index in [9.17, 15) is 4.79 Å². The molecule has 3 rings (SSSR count). The van der Waals surface area contributed by atoms with Crippen LogP contribution in [0.5, 0.6) is 5.75 Å². The second-order valence-corrected chi connectivity index (χ2v) is 11.2. The highest BCUT2D eigenvalue weighted by Crippen LogP contribution is 2.30. The van der Waals surface area contributed by atoms with Gasteiger partial charge in [-0.3, -0.25) is 4.79 Å². The first-order valence-electron chi connectivity index (χ1n) is 15.9. The Kier molecular flexibility index (Phi) is 15.5. The van der Waals surface area contributed by atoms with Crippen LogP contribution < -0.4 is 4.74 Å². The van der Waals surface area contributed by atoms with Gasteiger partial charge in [0.1, 0.15) is 5.75 Å². The fourth-order valence-corrected chi connectivity index (χ4v) is 5.55. The summed E-state index contributed by atoms with van der Waals surface area (Å²) in [7, 11) is 1.47. The molecule has 0 fully saturated rings. The number of rotatable bonds is 22. The summed E-state index contributed by atoms with van der Waals surface area (Å²) in [6, 6.07) is 19.5. The monoisotopic (exact) mass is 532 g/mol. The molecule has 0 saturated carbocycles. The normalized spacial score (nSPS) is 11.3. The molecule has 0 spiro atoms. The van der Waals surface area contributed by atoms with Gasteiger partial charge in [0.05, 0.1) is 13.7 Å². The van der Waals surface area contributed by atoms with Gasteiger partial charge < -0.3 is 9.47 Å². The number of unbranched alkanes of at least 4 members (excludes halogenated alkanes) is 17. The molecule has 0 N–H and O–H groups in total. The predicted octanol–water partition coefficient (Wildman–Crippen LogP) is 11.0. The lowest BCUT2D eigenvalue weighted by Gasteiger charge is -2.10. The summed E-state index contributed by atoms with van der Waals surface area (Å²) in [4.78, 5) is 11.1. The lowest BCUT2D eigenvalue weighted by Crippen LogP contribution is -1.99. The van der Waals surface area contributed by atoms with Gasteiger partial charge in [-0.15, -0.1) is 0 Å². The molecule has 0 radical (unpaired) electrons. The van der Waals surface area contributed by atoms with Crippen LogP contribution in [-0.2, 0) is 9.53 Å². The van der Waals surface area contributed by atoms with E-state index in [1.54, 1.807) is 0 Å². The predicted molar refractivity (Wildman–Crippen MR) is 167 cm³/mol. The number of fused-ring (bicyclic) bond motifs is 2. The second kappa shape index (κ2) is 19.5. The van der Waals surface area contributed by atoms with Crippen molar-refractivity contribution in [2.75, 3.05) is 13.7 Å². The number of esters is 1. The van der Waals surface area contributed by atoms with Crippen LogP contribution in [0.15, 0.2) is 54.6 Å². The summed E-state index contributed by atoms with van der Waals surface area (Å²) in [5, 5.41) is 5.03. The SMILES string of the molecule is COC(=O)CCCCCCCCCCCCCCCCCCCCOc1cccc2cc3ccccc3cc12. The van der Waals surface area contributed by atoms with Gasteiger partial charge in [0, 0.05) is 11.8 Å². The van der Waals surface area contributed by atoms with Gasteiger partial charge in [-0.2, -0.15) is 0 Å². The number of carbonyl (C=O) groups is 1. The van der Waals surface area contributed by atoms with E-state index < -0.39 is 0 Å². The van der Waals surface area contributed by atoms with Crippen molar-refractivity contribution in [1.29, 1.82) is 0 Å². The van der Waals surface area contributed by atoms with E-state index in [2.05, 4.69) is 59.3 Å². The average Bonchev–Trinajstić information content (AvgIpc) is 2.96. The van der Waals surface area contributed by atoms with E-state index in [4.69, 9.17) is 4.74 Å². The molecular formula is C36H52O3. The smallest absolute Gasteiger partial charge is 0.305 e. The summed E-state index contributed by atoms with van der Waals surface area (Å²) >= 11 is 0. The molecule has 0 aromatic heterocycles. The van der Waals surface area contributed by atoms with E-state index >= 15 is 0 Å². The molecule has 0 bridgehead atoms. The van der Waals surface area contributed by atoms with Crippen molar-refractivity contribution < 1.29 is 14.3 Å². The molecule has 0 aliphatic heterocycles. The molecule has 0 aliphatic carbocycles. The minimum Gasteiger partial charge on any atom is -0.493 e. The topological polar surface area (TPSA) is 35.5 Å². The zero-order valence-corrected chi connectivity index (χ0v) is 24.6. The lowest BCUT2D eigenvalue weighted by molar-refractivity contribution is -0.140. The van der Waals surface area contributed by atoms with Crippen molar-refractivity contribution in [1.82, 2.24) is 0 Å². The number of hydrogen-bond donors (Lipinski definition) is 0. The second-order valence-electron chi connectivity index (χ2n) is 11.2. The Hall–Kier alpha value is -2.55. The largest absolute Gasteiger partial charge is 0.493 e. The first-order chi connectivity index (χ1) is 19.3. The van der Waals surface area contributed by atoms with E-state index in [0.29, 0.717) is 6.42 Å². The number of methoxy groups -OCH3 is 1. The van der Waals surface area contributed by atoms with Crippen molar-refractivity contribution in [2.24, 2.45) is 0 Å². The summed E-state index contributed by atoms with van der Waals surface area (Å²) in [6.07, 6.45) is 24.3. The zero-order chi connectivity index (χ0) is 27.4. The highest BCUT2D eigenvalue weighted by atomic mass is 16.5. The average molecular weight is 533 g/mol. The maximum absolute atomic E-state index is 11.1. The molecule has 0 unspecified atom stereocenters. The van der Waals surface area contributed by atoms with Gasteiger partial charge in [0.2, 0.25) is 0 Å². The Morgan fingerprint density at radius 1 is 0.538 bits per heavy atom. The highest BCUT2D eigenvalue weighted by Gasteiger charge is 2.04. The third-order valence-corrected chi connectivity index (χ3v) is 7.97. The quantitative estimate of drug-likeness (QED) is 0.0733. The standard InChI is InChI=1S/C36H52O3/c1-38-36(37)27-18-16-14-12-10-8-6-4-2-3-5-7-9-11-13-15-17-21-28-39-35-26-22-25-33-29-31-23-19-20-24-32(31)30-34(33)35/h19-20,22-26,29-30H,2-18,21,27-28H2,1H3. The van der Waals surface area contributed by atoms with Crippen molar-refractivity contribution in [3.63, 3.8) is 0 Å². The van der Waals surface area contributed by atoms with Gasteiger partial charge >= 0.3 is 5.97 Å². The number of benzene rings is 3. The number of ether oxygens (including phenoxy) is 2. The van der Waals surface area contributed by atoms with E-state index in [0.717, 1.165) is 31.6 Å². The minimum atomic E-state index is -0.0704. The molecule has 0 heterocycles. The Morgan fingerprint density at radius 2 is 1.00 bits per heavy atom. The first-order valence-corrected chi connectivity index (χ1v) is 15.9. The Morgan fingerprint density at radius 3 is 1.54 bits per heavy atom. The Balaban J connectivity index is 1.08. The highest BCUT2D eigenvalue weighted by molar-refractivity contribution is 6.00. The van der Waals surface area contributed by atoms with Crippen molar-refractivity contribution in [3.05, 3.63) is 54.6 Å². The molecule has 39 heavy (non-hydrogen) atoms. The maximum Gasteiger partial charge on any atom is 0.305 e. The van der Waals surface area contributed by atoms with Crippen LogP contribution in [0.3, 0.4) is 0 Å². The van der Waals surface area contributed by atoms with E-state index in [1.165, 1.54) is 125 Å². The van der Waals surface area contributed by atoms with E-state index in [-0.39, 0.29) is 5.97 Å². The summed E-state index contributed by atoms with van der Waals surface area (Å²) < 4.78 is 10.9. The van der Waals surface area contributed by atoms with Crippen molar-refractivity contribution in [2.45, 2.75) is 122 Å². The number of hydrogen-bond acceptors (Lipinski definition) is 3. The van der Waals surface area contributed by atoms with Crippen LogP contribution >= 0.6 is 0 Å². The fraction of sp³-hybridized carbons (Fsp3) is 0.583. The number of carbonyl (C=O) groups excluding carboxylic acids is 1. The summed E-state index contributed by atoms with van der Waals surface area (Å²) in [5.74, 6) is 0.946. The maximum atomic E-state index is 11.1. The first kappa shape index (κ1) is 31.0. The third kappa shape index (κ3) is 12.4. The zero-order valence-electron chi connectivity index (χ0n) is 24.6. The van der Waals surface area contributed by atoms with Gasteiger partial charge in [-0.25, -0.2) is 0 Å². The molecular weight excluding hydrogens is 480 g/mol. The molecule has 3 aromatic rings. The molecule has 214 valence electrons. The van der Waals surface area contributed by atoms with Crippen LogP contribution in [0.25, 0.3) is 21.5 Å². The van der Waals surface area contributed by atoms with Gasteiger partial charge in [0.25, 0.3) is 0 Å². The molecule has 3 nitrogen and oxygen atoms in total. The van der Waals surface area contributed by atoms with Crippen LogP contribution in [0.4, 0.5) is 0 Å². The molecule has 0 aliphatic rings. The molecule has 3 aromatic carbocycles. The van der Waals surface area contributed by atoms with Gasteiger partial charge in [-0.1, -0.05) is 139 Å². The van der Waals surface area contributed by atoms with E-state index in [1.807, 2.05) is 0 Å². The van der Waals surface area contributed by atoms with Crippen LogP contribution in [0.1, 0.15) is 122 Å². The lowest BCUT2D eigenvalue weighted by atomic mass is 10.0. The molecule has 0 saturated heterocycles. The molecule has 0 atom stereocenters. The summed E-state index contributed by atoms with van der Waals surface area (Å²) in [6.45, 7) is 0.809. The van der Waals surface area contributed by atoms with Crippen LogP contribution in [0.2, 0.25) is 0 Å². The van der Waals surface area contributed by atoms with Gasteiger partial charge in [0.15, 0.2) is 0 Å². The molecule has 3 heteroatoms. The van der Waals surface area contributed by atoms with Crippen molar-refractivity contribution >= 4 is 27.5 Å². The van der Waals surface area contributed by atoms with Crippen LogP contribution in [0, 0.1) is 0 Å². The third-order valence-electron chi connectivity index (χ3n) is 7.97. The van der Waals surface area contributed by atoms with Gasteiger partial charge in [-0.05, 0) is 47.2 Å². The minimum absolute atomic E-state index is 0.0704. The van der Waals surface area contributed by atoms with Crippen LogP contribution in [-0.4, -0.2) is 19.7 Å². The Bertz CT molecular complexity index is 1070. The fourth-order valence-electron chi connectivity index (χ4n) is 5.55. The summed E-state index contributed by atoms with van der Waals surface area (Å²) in [5.41, 5.74) is 0. The Labute approximate surface area is 237 Å². The van der Waals surface area contributed by atoms with Crippen molar-refractivity contribution in [3.8, 4) is 5.75 Å².